The molecular formula is C14H22BrNO2. The molecule has 4 heteroatoms. The van der Waals surface area contributed by atoms with Crippen LogP contribution in [-0.4, -0.2) is 24.8 Å². The van der Waals surface area contributed by atoms with Crippen LogP contribution in [0.3, 0.4) is 0 Å². The predicted octanol–water partition coefficient (Wildman–Crippen LogP) is 3.73. The molecule has 1 aromatic rings. The van der Waals surface area contributed by atoms with Gasteiger partial charge < -0.3 is 9.47 Å². The molecule has 0 aromatic carbocycles. The van der Waals surface area contributed by atoms with Gasteiger partial charge in [-0.25, -0.2) is 0 Å². The Balaban J connectivity index is 2.27. The molecule has 0 aliphatic rings. The maximum Gasteiger partial charge on any atom is 0.141 e. The topological polar surface area (TPSA) is 31.4 Å². The molecule has 3 nitrogen and oxygen atoms in total. The van der Waals surface area contributed by atoms with E-state index < -0.39 is 0 Å². The standard InChI is InChI=1S/C14H22BrNO2/c1-11(2)6-7-17-8-9-18-14-5-4-12(3)16-13(14)10-15/h4-5,11H,6-10H2,1-3H3. The second kappa shape index (κ2) is 8.48. The summed E-state index contributed by atoms with van der Waals surface area (Å²) in [6.07, 6.45) is 1.10. The van der Waals surface area contributed by atoms with Gasteiger partial charge in [0.05, 0.1) is 12.3 Å². The third kappa shape index (κ3) is 5.83. The summed E-state index contributed by atoms with van der Waals surface area (Å²) < 4.78 is 11.2. The van der Waals surface area contributed by atoms with E-state index >= 15 is 0 Å². The first-order chi connectivity index (χ1) is 8.63. The highest BCUT2D eigenvalue weighted by Crippen LogP contribution is 2.19. The van der Waals surface area contributed by atoms with Crippen molar-refractivity contribution < 1.29 is 9.47 Å². The number of aryl methyl sites for hydroxylation is 1. The van der Waals surface area contributed by atoms with Crippen LogP contribution in [0, 0.1) is 12.8 Å². The molecule has 0 aliphatic carbocycles. The zero-order valence-electron chi connectivity index (χ0n) is 11.4. The summed E-state index contributed by atoms with van der Waals surface area (Å²) in [5, 5.41) is 0.707. The Kier molecular flexibility index (Phi) is 7.28. The van der Waals surface area contributed by atoms with Gasteiger partial charge in [0.25, 0.3) is 0 Å². The number of halogens is 1. The van der Waals surface area contributed by atoms with E-state index in [2.05, 4.69) is 34.8 Å². The predicted molar refractivity (Wildman–Crippen MR) is 77.4 cm³/mol. The molecule has 0 fully saturated rings. The summed E-state index contributed by atoms with van der Waals surface area (Å²) in [5.74, 6) is 1.53. The third-order valence-electron chi connectivity index (χ3n) is 2.52. The Hall–Kier alpha value is -0.610. The number of hydrogen-bond donors (Lipinski definition) is 0. The van der Waals surface area contributed by atoms with Crippen LogP contribution in [0.1, 0.15) is 31.7 Å². The lowest BCUT2D eigenvalue weighted by Crippen LogP contribution is -2.10. The van der Waals surface area contributed by atoms with Crippen molar-refractivity contribution in [2.75, 3.05) is 19.8 Å². The van der Waals surface area contributed by atoms with E-state index in [-0.39, 0.29) is 0 Å². The van der Waals surface area contributed by atoms with Gasteiger partial charge in [0.2, 0.25) is 0 Å². The molecule has 0 amide bonds. The van der Waals surface area contributed by atoms with Gasteiger partial charge in [-0.15, -0.1) is 0 Å². The zero-order valence-corrected chi connectivity index (χ0v) is 13.0. The molecule has 0 atom stereocenters. The maximum absolute atomic E-state index is 5.67. The average Bonchev–Trinajstić information content (AvgIpc) is 2.34. The van der Waals surface area contributed by atoms with Crippen LogP contribution in [0.2, 0.25) is 0 Å². The minimum absolute atomic E-state index is 0.572. The second-order valence-electron chi connectivity index (χ2n) is 4.67. The molecule has 18 heavy (non-hydrogen) atoms. The van der Waals surface area contributed by atoms with Gasteiger partial charge in [-0.3, -0.25) is 4.98 Å². The van der Waals surface area contributed by atoms with Crippen molar-refractivity contribution in [2.24, 2.45) is 5.92 Å². The molecule has 0 unspecified atom stereocenters. The van der Waals surface area contributed by atoms with Crippen LogP contribution >= 0.6 is 15.9 Å². The maximum atomic E-state index is 5.67. The van der Waals surface area contributed by atoms with Crippen LogP contribution in [0.4, 0.5) is 0 Å². The van der Waals surface area contributed by atoms with Crippen molar-refractivity contribution in [3.05, 3.63) is 23.5 Å². The van der Waals surface area contributed by atoms with Gasteiger partial charge in [0, 0.05) is 17.6 Å². The fourth-order valence-corrected chi connectivity index (χ4v) is 1.86. The van der Waals surface area contributed by atoms with Gasteiger partial charge in [0.1, 0.15) is 12.4 Å². The first-order valence-electron chi connectivity index (χ1n) is 6.36. The quantitative estimate of drug-likeness (QED) is 0.541. The van der Waals surface area contributed by atoms with Crippen LogP contribution in [0.25, 0.3) is 0 Å². The Morgan fingerprint density at radius 1 is 1.22 bits per heavy atom. The number of nitrogens with zero attached hydrogens (tertiary/aromatic N) is 1. The van der Waals surface area contributed by atoms with Gasteiger partial charge in [0.15, 0.2) is 0 Å². The molecule has 1 heterocycles. The zero-order chi connectivity index (χ0) is 13.4. The fourth-order valence-electron chi connectivity index (χ4n) is 1.46. The number of hydrogen-bond acceptors (Lipinski definition) is 3. The van der Waals surface area contributed by atoms with Crippen molar-refractivity contribution in [3.63, 3.8) is 0 Å². The van der Waals surface area contributed by atoms with Gasteiger partial charge in [-0.1, -0.05) is 29.8 Å². The van der Waals surface area contributed by atoms with E-state index in [4.69, 9.17) is 9.47 Å². The third-order valence-corrected chi connectivity index (χ3v) is 3.05. The lowest BCUT2D eigenvalue weighted by atomic mass is 10.1. The number of rotatable bonds is 8. The lowest BCUT2D eigenvalue weighted by molar-refractivity contribution is 0.0922. The summed E-state index contributed by atoms with van der Waals surface area (Å²) in [6.45, 7) is 8.37. The van der Waals surface area contributed by atoms with E-state index in [0.29, 0.717) is 24.5 Å². The van der Waals surface area contributed by atoms with Crippen molar-refractivity contribution in [3.8, 4) is 5.75 Å². The SMILES string of the molecule is Cc1ccc(OCCOCCC(C)C)c(CBr)n1. The normalized spacial score (nSPS) is 10.9. The number of ether oxygens (including phenoxy) is 2. The van der Waals surface area contributed by atoms with E-state index in [9.17, 15) is 0 Å². The minimum Gasteiger partial charge on any atom is -0.489 e. The largest absolute Gasteiger partial charge is 0.489 e. The smallest absolute Gasteiger partial charge is 0.141 e. The second-order valence-corrected chi connectivity index (χ2v) is 5.24. The van der Waals surface area contributed by atoms with Gasteiger partial charge in [-0.05, 0) is 31.4 Å². The van der Waals surface area contributed by atoms with E-state index in [1.54, 1.807) is 0 Å². The number of pyridine rings is 1. The van der Waals surface area contributed by atoms with Crippen LogP contribution < -0.4 is 4.74 Å². The van der Waals surface area contributed by atoms with Crippen molar-refractivity contribution in [1.82, 2.24) is 4.98 Å². The Morgan fingerprint density at radius 2 is 2.00 bits per heavy atom. The highest BCUT2D eigenvalue weighted by molar-refractivity contribution is 9.08. The number of alkyl halides is 1. The molecule has 0 bridgehead atoms. The Morgan fingerprint density at radius 3 is 2.67 bits per heavy atom. The molecule has 0 aliphatic heterocycles. The van der Waals surface area contributed by atoms with E-state index in [1.165, 1.54) is 0 Å². The average molecular weight is 316 g/mol. The molecule has 1 aromatic heterocycles. The van der Waals surface area contributed by atoms with Crippen molar-refractivity contribution in [1.29, 1.82) is 0 Å². The minimum atomic E-state index is 0.572. The Bertz CT molecular complexity index is 356. The molecular weight excluding hydrogens is 294 g/mol. The Labute approximate surface area is 118 Å². The van der Waals surface area contributed by atoms with Crippen molar-refractivity contribution >= 4 is 15.9 Å². The van der Waals surface area contributed by atoms with Crippen LogP contribution in [0.5, 0.6) is 5.75 Å². The van der Waals surface area contributed by atoms with Gasteiger partial charge in [-0.2, -0.15) is 0 Å². The summed E-state index contributed by atoms with van der Waals surface area (Å²) in [4.78, 5) is 4.42. The van der Waals surface area contributed by atoms with E-state index in [0.717, 1.165) is 30.2 Å². The molecule has 0 saturated carbocycles. The first-order valence-corrected chi connectivity index (χ1v) is 7.48. The molecule has 0 spiro atoms. The molecule has 0 N–H and O–H groups in total. The summed E-state index contributed by atoms with van der Waals surface area (Å²) >= 11 is 3.42. The van der Waals surface area contributed by atoms with E-state index in [1.807, 2.05) is 19.1 Å². The van der Waals surface area contributed by atoms with Crippen molar-refractivity contribution in [2.45, 2.75) is 32.5 Å². The highest BCUT2D eigenvalue weighted by atomic mass is 79.9. The molecule has 1 rings (SSSR count). The summed E-state index contributed by atoms with van der Waals surface area (Å²) in [7, 11) is 0. The summed E-state index contributed by atoms with van der Waals surface area (Å²) in [5.41, 5.74) is 1.95. The molecule has 102 valence electrons. The molecule has 0 radical (unpaired) electrons. The van der Waals surface area contributed by atoms with Crippen LogP contribution in [0.15, 0.2) is 12.1 Å². The number of aromatic nitrogens is 1. The highest BCUT2D eigenvalue weighted by Gasteiger charge is 2.04. The fraction of sp³-hybridized carbons (Fsp3) is 0.643. The van der Waals surface area contributed by atoms with Gasteiger partial charge >= 0.3 is 0 Å². The first kappa shape index (κ1) is 15.4. The monoisotopic (exact) mass is 315 g/mol. The molecule has 0 saturated heterocycles. The lowest BCUT2D eigenvalue weighted by Gasteiger charge is -2.11. The van der Waals surface area contributed by atoms with Crippen LogP contribution in [-0.2, 0) is 10.1 Å². The summed E-state index contributed by atoms with van der Waals surface area (Å²) in [6, 6.07) is 3.92.